The Balaban J connectivity index is 1.25. The Kier molecular flexibility index (Phi) is 11.8. The standard InChI is InChI=1S/C42H56N4O12/c1-39(2)51-27-21-43-35(47)25(19-23-15-11-9-12-16-23)46-38(50)34-32(56-42(7,8)58-34)30-28(52-40(3,4)54-30)22-44-36(48)26(20-24-17-13-10-14-18-24)45-37(49)33-31(29(27)53-39)55-41(5,6)57-33/h9-18,25-34H,19-22H2,1-8H3,(H,43,47)(H,44,48)(H,45,49)(H,46,50)/t25-,26-,27+,28+,29-,30-,31-,32-,33+,34+/m0/s1. The molecule has 316 valence electrons. The third-order valence-corrected chi connectivity index (χ3v) is 10.7. The lowest BCUT2D eigenvalue weighted by Gasteiger charge is -2.29. The van der Waals surface area contributed by atoms with Gasteiger partial charge in [0.25, 0.3) is 11.8 Å². The molecule has 0 bridgehead atoms. The minimum atomic E-state index is -1.23. The molecule has 0 saturated carbocycles. The summed E-state index contributed by atoms with van der Waals surface area (Å²) < 4.78 is 50.4. The van der Waals surface area contributed by atoms with E-state index >= 15 is 0 Å². The Morgan fingerprint density at radius 2 is 0.776 bits per heavy atom. The Labute approximate surface area is 338 Å². The molecule has 0 unspecified atom stereocenters. The van der Waals surface area contributed by atoms with Crippen molar-refractivity contribution in [2.24, 2.45) is 0 Å². The van der Waals surface area contributed by atoms with Crippen LogP contribution in [0.4, 0.5) is 0 Å². The van der Waals surface area contributed by atoms with Crippen LogP contribution < -0.4 is 21.3 Å². The largest absolute Gasteiger partial charge is 0.352 e. The predicted molar refractivity (Wildman–Crippen MR) is 205 cm³/mol. The zero-order valence-electron chi connectivity index (χ0n) is 34.3. The molecule has 4 amide bonds. The first-order chi connectivity index (χ1) is 27.3. The fraction of sp³-hybridized carbons (Fsp3) is 0.619. The molecule has 0 aromatic heterocycles. The zero-order chi connectivity index (χ0) is 41.6. The van der Waals surface area contributed by atoms with Crippen molar-refractivity contribution in [3.8, 4) is 0 Å². The van der Waals surface area contributed by atoms with E-state index in [9.17, 15) is 19.2 Å². The van der Waals surface area contributed by atoms with Gasteiger partial charge in [0, 0.05) is 25.9 Å². The maximum absolute atomic E-state index is 14.3. The number of nitrogens with one attached hydrogen (secondary N) is 4. The van der Waals surface area contributed by atoms with Crippen molar-refractivity contribution >= 4 is 23.6 Å². The van der Waals surface area contributed by atoms with E-state index in [4.69, 9.17) is 37.9 Å². The van der Waals surface area contributed by atoms with Gasteiger partial charge in [0.15, 0.2) is 35.4 Å². The van der Waals surface area contributed by atoms with Gasteiger partial charge >= 0.3 is 0 Å². The third kappa shape index (κ3) is 9.71. The summed E-state index contributed by atoms with van der Waals surface area (Å²) in [5.74, 6) is -6.85. The van der Waals surface area contributed by atoms with E-state index in [1.165, 1.54) is 0 Å². The van der Waals surface area contributed by atoms with E-state index in [0.29, 0.717) is 0 Å². The number of amides is 4. The first-order valence-corrected chi connectivity index (χ1v) is 19.9. The maximum Gasteiger partial charge on any atom is 0.252 e. The SMILES string of the molecule is CC1(C)O[C@@H]2[C@@H]3OC(C)(C)O[C@H]3C(=O)N[C@@H](Cc3ccccc3)C(=O)NC[C@H]3OC(C)(C)O[C@@H]3[C@@H]3OC(C)(C)O[C@H]3C(=O)N[C@@H](Cc3ccccc3)C(=O)NC[C@H]2O1. The van der Waals surface area contributed by atoms with Crippen LogP contribution >= 0.6 is 0 Å². The van der Waals surface area contributed by atoms with E-state index in [1.807, 2.05) is 60.7 Å². The van der Waals surface area contributed by atoms with Gasteiger partial charge < -0.3 is 59.2 Å². The van der Waals surface area contributed by atoms with E-state index in [-0.39, 0.29) is 25.9 Å². The molecule has 16 nitrogen and oxygen atoms in total. The number of rotatable bonds is 4. The van der Waals surface area contributed by atoms with E-state index in [2.05, 4.69) is 21.3 Å². The molecule has 5 fully saturated rings. The summed E-state index contributed by atoms with van der Waals surface area (Å²) in [6.07, 6.45) is -7.56. The lowest BCUT2D eigenvalue weighted by atomic mass is 9.99. The van der Waals surface area contributed by atoms with Crippen LogP contribution in [-0.2, 0) is 69.9 Å². The molecule has 0 radical (unpaired) electrons. The minimum Gasteiger partial charge on any atom is -0.352 e. The van der Waals surface area contributed by atoms with Crippen LogP contribution in [0.5, 0.6) is 0 Å². The second-order valence-corrected chi connectivity index (χ2v) is 17.3. The number of carbonyl (C=O) groups is 4. The summed E-state index contributed by atoms with van der Waals surface area (Å²) in [7, 11) is 0. The Bertz CT molecular complexity index is 1690. The number of fused-ring (bicyclic) bond motifs is 6. The first-order valence-electron chi connectivity index (χ1n) is 19.9. The Morgan fingerprint density at radius 3 is 1.14 bits per heavy atom. The number of hydrogen-bond acceptors (Lipinski definition) is 12. The van der Waals surface area contributed by atoms with Gasteiger partial charge in [0.1, 0.15) is 48.7 Å². The highest BCUT2D eigenvalue weighted by atomic mass is 16.8. The van der Waals surface area contributed by atoms with Crippen molar-refractivity contribution in [3.63, 3.8) is 0 Å². The van der Waals surface area contributed by atoms with Crippen LogP contribution in [0.15, 0.2) is 60.7 Å². The van der Waals surface area contributed by atoms with Crippen LogP contribution in [0, 0.1) is 0 Å². The molecule has 7 rings (SSSR count). The van der Waals surface area contributed by atoms with Gasteiger partial charge in [-0.25, -0.2) is 0 Å². The summed E-state index contributed by atoms with van der Waals surface area (Å²) in [5, 5.41) is 11.8. The Hall–Kier alpha value is -4.00. The smallest absolute Gasteiger partial charge is 0.252 e. The molecule has 0 spiro atoms. The van der Waals surface area contributed by atoms with E-state index in [0.717, 1.165) is 11.1 Å². The number of ether oxygens (including phenoxy) is 8. The van der Waals surface area contributed by atoms with Gasteiger partial charge in [-0.2, -0.15) is 0 Å². The average Bonchev–Trinajstić information content (AvgIpc) is 3.86. The quantitative estimate of drug-likeness (QED) is 0.351. The summed E-state index contributed by atoms with van der Waals surface area (Å²) in [4.78, 5) is 57.0. The van der Waals surface area contributed by atoms with Crippen molar-refractivity contribution < 1.29 is 57.1 Å². The van der Waals surface area contributed by atoms with Gasteiger partial charge in [-0.15, -0.1) is 0 Å². The van der Waals surface area contributed by atoms with Gasteiger partial charge in [-0.05, 0) is 66.5 Å². The van der Waals surface area contributed by atoms with Crippen LogP contribution in [0.3, 0.4) is 0 Å². The molecular weight excluding hydrogens is 752 g/mol. The predicted octanol–water partition coefficient (Wildman–Crippen LogP) is 1.77. The lowest BCUT2D eigenvalue weighted by molar-refractivity contribution is -0.175. The monoisotopic (exact) mass is 808 g/mol. The summed E-state index contributed by atoms with van der Waals surface area (Å²) in [6.45, 7) is 13.5. The van der Waals surface area contributed by atoms with Crippen LogP contribution in [0.2, 0.25) is 0 Å². The summed E-state index contributed by atoms with van der Waals surface area (Å²) >= 11 is 0. The van der Waals surface area contributed by atoms with Gasteiger partial charge in [0.05, 0.1) is 0 Å². The fourth-order valence-corrected chi connectivity index (χ4v) is 8.34. The first kappa shape index (κ1) is 42.1. The molecule has 2 aromatic rings. The molecule has 5 aliphatic rings. The van der Waals surface area contributed by atoms with Crippen molar-refractivity contribution in [2.75, 3.05) is 13.1 Å². The van der Waals surface area contributed by atoms with Gasteiger partial charge in [0.2, 0.25) is 11.8 Å². The second kappa shape index (κ2) is 16.2. The summed E-state index contributed by atoms with van der Waals surface area (Å²) in [6, 6.07) is 16.5. The second-order valence-electron chi connectivity index (χ2n) is 17.3. The molecule has 4 N–H and O–H groups in total. The van der Waals surface area contributed by atoms with Gasteiger partial charge in [-0.3, -0.25) is 19.2 Å². The molecule has 0 aliphatic carbocycles. The summed E-state index contributed by atoms with van der Waals surface area (Å²) in [5.41, 5.74) is 1.61. The number of carbonyl (C=O) groups excluding carboxylic acids is 4. The molecule has 5 saturated heterocycles. The topological polar surface area (TPSA) is 190 Å². The lowest BCUT2D eigenvalue weighted by Crippen LogP contribution is -2.58. The fourth-order valence-electron chi connectivity index (χ4n) is 8.34. The Morgan fingerprint density at radius 1 is 0.448 bits per heavy atom. The van der Waals surface area contributed by atoms with Gasteiger partial charge in [-0.1, -0.05) is 60.7 Å². The van der Waals surface area contributed by atoms with Crippen molar-refractivity contribution in [3.05, 3.63) is 71.8 Å². The van der Waals surface area contributed by atoms with Crippen LogP contribution in [0.1, 0.15) is 66.5 Å². The van der Waals surface area contributed by atoms with Crippen molar-refractivity contribution in [1.82, 2.24) is 21.3 Å². The average molecular weight is 809 g/mol. The highest BCUT2D eigenvalue weighted by Gasteiger charge is 2.58. The molecule has 5 heterocycles. The van der Waals surface area contributed by atoms with E-state index < -0.39 is 108 Å². The number of hydrogen-bond donors (Lipinski definition) is 4. The molecule has 16 heteroatoms. The molecule has 10 atom stereocenters. The molecular formula is C42H56N4O12. The normalized spacial score (nSPS) is 35.9. The molecule has 2 aromatic carbocycles. The third-order valence-electron chi connectivity index (χ3n) is 10.7. The zero-order valence-corrected chi connectivity index (χ0v) is 34.3. The van der Waals surface area contributed by atoms with Crippen LogP contribution in [0.25, 0.3) is 0 Å². The number of benzene rings is 2. The highest BCUT2D eigenvalue weighted by molar-refractivity contribution is 5.91. The minimum absolute atomic E-state index is 0.0650. The van der Waals surface area contributed by atoms with Crippen molar-refractivity contribution in [2.45, 2.75) is 152 Å². The molecule has 5 aliphatic heterocycles. The van der Waals surface area contributed by atoms with Crippen molar-refractivity contribution in [1.29, 1.82) is 0 Å². The molecule has 58 heavy (non-hydrogen) atoms. The highest BCUT2D eigenvalue weighted by Crippen LogP contribution is 2.40. The maximum atomic E-state index is 14.3. The van der Waals surface area contributed by atoms with Crippen LogP contribution in [-0.4, -0.2) is 121 Å². The van der Waals surface area contributed by atoms with E-state index in [1.54, 1.807) is 55.4 Å².